The van der Waals surface area contributed by atoms with E-state index in [2.05, 4.69) is 6.58 Å². The van der Waals surface area contributed by atoms with E-state index < -0.39 is 18.2 Å². The fourth-order valence-electron chi connectivity index (χ4n) is 1.06. The van der Waals surface area contributed by atoms with Gasteiger partial charge in [-0.05, 0) is 25.8 Å². The van der Waals surface area contributed by atoms with Crippen molar-refractivity contribution in [1.29, 1.82) is 0 Å². The van der Waals surface area contributed by atoms with Crippen molar-refractivity contribution in [2.24, 2.45) is 0 Å². The van der Waals surface area contributed by atoms with Crippen molar-refractivity contribution in [1.82, 2.24) is 0 Å². The molecule has 0 aliphatic carbocycles. The van der Waals surface area contributed by atoms with Crippen LogP contribution in [0.1, 0.15) is 46.5 Å². The van der Waals surface area contributed by atoms with Crippen LogP contribution in [0, 0.1) is 0 Å². The Morgan fingerprint density at radius 2 is 1.95 bits per heavy atom. The minimum atomic E-state index is -1.20. The van der Waals surface area contributed by atoms with E-state index >= 15 is 0 Å². The Balaban J connectivity index is 4.75. The van der Waals surface area contributed by atoms with Crippen molar-refractivity contribution in [3.05, 3.63) is 24.0 Å². The lowest BCUT2D eigenvalue weighted by molar-refractivity contribution is -0.169. The Labute approximate surface area is 113 Å². The predicted octanol–water partition coefficient (Wildman–Crippen LogP) is 2.45. The predicted molar refractivity (Wildman–Crippen MR) is 70.9 cm³/mol. The number of carbonyl (C=O) groups excluding carboxylic acids is 2. The molecule has 0 bridgehead atoms. The normalized spacial score (nSPS) is 12.7. The van der Waals surface area contributed by atoms with Gasteiger partial charge in [0.2, 0.25) is 12.0 Å². The molecule has 0 amide bonds. The molecule has 0 aliphatic rings. The lowest BCUT2D eigenvalue weighted by Gasteiger charge is -2.12. The quantitative estimate of drug-likeness (QED) is 0.241. The number of aliphatic hydroxyl groups is 1. The summed E-state index contributed by atoms with van der Waals surface area (Å²) in [6.45, 7) is 8.59. The van der Waals surface area contributed by atoms with Crippen LogP contribution in [0.4, 0.5) is 0 Å². The molecule has 0 spiro atoms. The Morgan fingerprint density at radius 3 is 2.42 bits per heavy atom. The maximum atomic E-state index is 11.7. The summed E-state index contributed by atoms with van der Waals surface area (Å²) in [6, 6.07) is 0. The lowest BCUT2D eigenvalue weighted by Crippen LogP contribution is -2.21. The second-order valence-electron chi connectivity index (χ2n) is 4.15. The van der Waals surface area contributed by atoms with E-state index in [0.717, 1.165) is 12.8 Å². The van der Waals surface area contributed by atoms with Crippen LogP contribution in [0.5, 0.6) is 0 Å². The van der Waals surface area contributed by atoms with Crippen LogP contribution in [0.3, 0.4) is 0 Å². The highest BCUT2D eigenvalue weighted by Gasteiger charge is 2.19. The van der Waals surface area contributed by atoms with Crippen molar-refractivity contribution < 1.29 is 24.2 Å². The van der Waals surface area contributed by atoms with Crippen LogP contribution in [-0.2, 0) is 19.1 Å². The SMILES string of the molecule is C=C(C)C(=O)O/C(=C/CCCC)C(=O)OC(O)CC. The second kappa shape index (κ2) is 9.33. The first-order valence-electron chi connectivity index (χ1n) is 6.39. The molecular formula is C14H22O5. The average molecular weight is 270 g/mol. The van der Waals surface area contributed by atoms with Gasteiger partial charge in [-0.2, -0.15) is 0 Å². The largest absolute Gasteiger partial charge is 0.430 e. The molecule has 1 N–H and O–H groups in total. The number of rotatable bonds is 8. The van der Waals surface area contributed by atoms with Gasteiger partial charge in [0.15, 0.2) is 0 Å². The number of unbranched alkanes of at least 4 members (excludes halogenated alkanes) is 2. The third-order valence-corrected chi connectivity index (χ3v) is 2.23. The van der Waals surface area contributed by atoms with Crippen molar-refractivity contribution in [3.63, 3.8) is 0 Å². The molecule has 19 heavy (non-hydrogen) atoms. The number of hydrogen-bond donors (Lipinski definition) is 1. The third-order valence-electron chi connectivity index (χ3n) is 2.23. The van der Waals surface area contributed by atoms with Crippen molar-refractivity contribution in [2.75, 3.05) is 0 Å². The summed E-state index contributed by atoms with van der Waals surface area (Å²) in [5.41, 5.74) is 0.185. The van der Waals surface area contributed by atoms with Gasteiger partial charge in [-0.15, -0.1) is 0 Å². The number of ether oxygens (including phenoxy) is 2. The molecule has 108 valence electrons. The van der Waals surface area contributed by atoms with Crippen LogP contribution in [0.15, 0.2) is 24.0 Å². The van der Waals surface area contributed by atoms with E-state index in [1.807, 2.05) is 6.92 Å². The molecule has 0 saturated carbocycles. The van der Waals surface area contributed by atoms with E-state index in [1.165, 1.54) is 13.0 Å². The maximum Gasteiger partial charge on any atom is 0.376 e. The third kappa shape index (κ3) is 7.41. The van der Waals surface area contributed by atoms with Gasteiger partial charge in [-0.1, -0.05) is 26.8 Å². The zero-order valence-electron chi connectivity index (χ0n) is 11.8. The maximum absolute atomic E-state index is 11.7. The molecule has 0 aromatic heterocycles. The van der Waals surface area contributed by atoms with Gasteiger partial charge in [0.1, 0.15) is 0 Å². The first-order valence-corrected chi connectivity index (χ1v) is 6.39. The summed E-state index contributed by atoms with van der Waals surface area (Å²) >= 11 is 0. The van der Waals surface area contributed by atoms with Crippen LogP contribution < -0.4 is 0 Å². The van der Waals surface area contributed by atoms with Crippen LogP contribution in [0.2, 0.25) is 0 Å². The van der Waals surface area contributed by atoms with Gasteiger partial charge >= 0.3 is 11.9 Å². The summed E-state index contributed by atoms with van der Waals surface area (Å²) in [6.07, 6.45) is 2.96. The zero-order valence-corrected chi connectivity index (χ0v) is 11.8. The van der Waals surface area contributed by atoms with E-state index in [0.29, 0.717) is 6.42 Å². The molecule has 0 saturated heterocycles. The van der Waals surface area contributed by atoms with E-state index in [1.54, 1.807) is 6.92 Å². The molecule has 5 nitrogen and oxygen atoms in total. The number of aliphatic hydroxyl groups excluding tert-OH is 1. The molecule has 1 unspecified atom stereocenters. The van der Waals surface area contributed by atoms with Gasteiger partial charge in [0.05, 0.1) is 0 Å². The summed E-state index contributed by atoms with van der Waals surface area (Å²) in [5.74, 6) is -1.74. The number of allylic oxidation sites excluding steroid dienone is 1. The van der Waals surface area contributed by atoms with Crippen LogP contribution in [-0.4, -0.2) is 23.3 Å². The Morgan fingerprint density at radius 1 is 1.32 bits per heavy atom. The second-order valence-corrected chi connectivity index (χ2v) is 4.15. The standard InChI is InChI=1S/C14H22O5/c1-5-7-8-9-11(18-13(16)10(3)4)14(17)19-12(15)6-2/h9,12,15H,3,5-8H2,1-2,4H3/b11-9+. The fraction of sp³-hybridized carbons (Fsp3) is 0.571. The smallest absolute Gasteiger partial charge is 0.376 e. The van der Waals surface area contributed by atoms with Crippen molar-refractivity contribution in [2.45, 2.75) is 52.7 Å². The average Bonchev–Trinajstić information content (AvgIpc) is 2.37. The van der Waals surface area contributed by atoms with Crippen molar-refractivity contribution in [3.8, 4) is 0 Å². The molecule has 0 fully saturated rings. The van der Waals surface area contributed by atoms with Gasteiger partial charge < -0.3 is 14.6 Å². The summed E-state index contributed by atoms with van der Waals surface area (Å²) in [4.78, 5) is 23.1. The Bertz CT molecular complexity index is 357. The number of hydrogen-bond acceptors (Lipinski definition) is 5. The molecule has 0 heterocycles. The topological polar surface area (TPSA) is 72.8 Å². The summed E-state index contributed by atoms with van der Waals surface area (Å²) in [5, 5.41) is 9.26. The molecule has 1 atom stereocenters. The van der Waals surface area contributed by atoms with E-state index in [4.69, 9.17) is 9.47 Å². The van der Waals surface area contributed by atoms with Gasteiger partial charge in [0.25, 0.3) is 0 Å². The van der Waals surface area contributed by atoms with Crippen LogP contribution >= 0.6 is 0 Å². The Hall–Kier alpha value is -1.62. The van der Waals surface area contributed by atoms with Gasteiger partial charge in [0, 0.05) is 12.0 Å². The molecule has 0 aromatic rings. The Kier molecular flexibility index (Phi) is 8.53. The molecular weight excluding hydrogens is 248 g/mol. The molecule has 0 radical (unpaired) electrons. The molecule has 0 aliphatic heterocycles. The molecule has 0 rings (SSSR count). The summed E-state index contributed by atoms with van der Waals surface area (Å²) < 4.78 is 9.62. The van der Waals surface area contributed by atoms with Gasteiger partial charge in [-0.25, -0.2) is 9.59 Å². The minimum Gasteiger partial charge on any atom is -0.430 e. The lowest BCUT2D eigenvalue weighted by atomic mass is 10.2. The highest BCUT2D eigenvalue weighted by molar-refractivity contribution is 5.94. The molecule has 5 heteroatoms. The summed E-state index contributed by atoms with van der Waals surface area (Å²) in [7, 11) is 0. The highest BCUT2D eigenvalue weighted by atomic mass is 16.7. The van der Waals surface area contributed by atoms with Crippen molar-refractivity contribution >= 4 is 11.9 Å². The number of esters is 2. The van der Waals surface area contributed by atoms with Crippen LogP contribution in [0.25, 0.3) is 0 Å². The fourth-order valence-corrected chi connectivity index (χ4v) is 1.06. The first kappa shape index (κ1) is 17.4. The highest BCUT2D eigenvalue weighted by Crippen LogP contribution is 2.10. The monoisotopic (exact) mass is 270 g/mol. The molecule has 0 aromatic carbocycles. The van der Waals surface area contributed by atoms with Gasteiger partial charge in [-0.3, -0.25) is 0 Å². The zero-order chi connectivity index (χ0) is 14.8. The van der Waals surface area contributed by atoms with E-state index in [-0.39, 0.29) is 17.8 Å². The first-order chi connectivity index (χ1) is 8.92. The van der Waals surface area contributed by atoms with E-state index in [9.17, 15) is 14.7 Å². The number of carbonyl (C=O) groups is 2. The minimum absolute atomic E-state index is 0.185.